The van der Waals surface area contributed by atoms with Gasteiger partial charge in [-0.05, 0) is 48.2 Å². The summed E-state index contributed by atoms with van der Waals surface area (Å²) in [5.41, 5.74) is 3.24. The minimum atomic E-state index is 0.0316. The van der Waals surface area contributed by atoms with Crippen LogP contribution in [0.5, 0.6) is 0 Å². The van der Waals surface area contributed by atoms with Gasteiger partial charge in [0, 0.05) is 15.1 Å². The fourth-order valence-corrected chi connectivity index (χ4v) is 3.16. The Labute approximate surface area is 144 Å². The Morgan fingerprint density at radius 1 is 1.18 bits per heavy atom. The highest BCUT2D eigenvalue weighted by atomic mass is 79.9. The molecule has 4 heteroatoms. The van der Waals surface area contributed by atoms with Gasteiger partial charge in [0.25, 0.3) is 0 Å². The van der Waals surface area contributed by atoms with Crippen LogP contribution in [0.3, 0.4) is 0 Å². The van der Waals surface area contributed by atoms with Crippen LogP contribution in [0, 0.1) is 6.92 Å². The molecule has 0 aromatic heterocycles. The van der Waals surface area contributed by atoms with Crippen molar-refractivity contribution in [3.63, 3.8) is 0 Å². The van der Waals surface area contributed by atoms with Crippen LogP contribution in [0.25, 0.3) is 0 Å². The predicted molar refractivity (Wildman–Crippen MR) is 98.8 cm³/mol. The highest BCUT2D eigenvalue weighted by molar-refractivity contribution is 9.10. The molecule has 1 amide bonds. The van der Waals surface area contributed by atoms with Gasteiger partial charge in [-0.1, -0.05) is 48.0 Å². The quantitative estimate of drug-likeness (QED) is 0.685. The molecule has 116 valence electrons. The van der Waals surface area contributed by atoms with Crippen LogP contribution in [0.15, 0.2) is 51.8 Å². The summed E-state index contributed by atoms with van der Waals surface area (Å²) in [5.74, 6) is 0.825. The van der Waals surface area contributed by atoms with Crippen molar-refractivity contribution in [2.45, 2.75) is 31.6 Å². The fraction of sp³-hybridized carbons (Fsp3) is 0.278. The standard InChI is InChI=1S/C18H20BrNOS/c1-12(2)16-6-4-5-13(3)18(16)20-17(21)11-22-15-9-7-14(19)8-10-15/h4-10,12H,11H2,1-3H3,(H,20,21). The fourth-order valence-electron chi connectivity index (χ4n) is 2.20. The van der Waals surface area contributed by atoms with Gasteiger partial charge in [0.15, 0.2) is 0 Å². The first-order valence-electron chi connectivity index (χ1n) is 7.25. The molecule has 0 unspecified atom stereocenters. The lowest BCUT2D eigenvalue weighted by atomic mass is 9.98. The van der Waals surface area contributed by atoms with Crippen molar-refractivity contribution >= 4 is 39.3 Å². The van der Waals surface area contributed by atoms with E-state index in [4.69, 9.17) is 0 Å². The third kappa shape index (κ3) is 4.62. The SMILES string of the molecule is Cc1cccc(C(C)C)c1NC(=O)CSc1ccc(Br)cc1. The van der Waals surface area contributed by atoms with Crippen molar-refractivity contribution in [1.82, 2.24) is 0 Å². The Bertz CT molecular complexity index is 653. The average Bonchev–Trinajstić information content (AvgIpc) is 2.48. The molecule has 0 saturated heterocycles. The molecule has 0 saturated carbocycles. The minimum Gasteiger partial charge on any atom is -0.325 e. The van der Waals surface area contributed by atoms with Gasteiger partial charge in [-0.3, -0.25) is 4.79 Å². The zero-order valence-corrected chi connectivity index (χ0v) is 15.4. The number of hydrogen-bond acceptors (Lipinski definition) is 2. The number of rotatable bonds is 5. The van der Waals surface area contributed by atoms with Gasteiger partial charge in [-0.25, -0.2) is 0 Å². The first-order chi connectivity index (χ1) is 10.5. The van der Waals surface area contributed by atoms with Crippen molar-refractivity contribution in [2.75, 3.05) is 11.1 Å². The molecule has 2 aromatic rings. The Morgan fingerprint density at radius 3 is 2.50 bits per heavy atom. The van der Waals surface area contributed by atoms with Gasteiger partial charge in [-0.15, -0.1) is 11.8 Å². The molecule has 0 spiro atoms. The highest BCUT2D eigenvalue weighted by Crippen LogP contribution is 2.28. The first-order valence-corrected chi connectivity index (χ1v) is 9.03. The van der Waals surface area contributed by atoms with Crippen LogP contribution >= 0.6 is 27.7 Å². The third-order valence-electron chi connectivity index (χ3n) is 3.38. The minimum absolute atomic E-state index is 0.0316. The summed E-state index contributed by atoms with van der Waals surface area (Å²) in [6.45, 7) is 6.31. The zero-order chi connectivity index (χ0) is 16.1. The van der Waals surface area contributed by atoms with Gasteiger partial charge in [0.2, 0.25) is 5.91 Å². The highest BCUT2D eigenvalue weighted by Gasteiger charge is 2.12. The smallest absolute Gasteiger partial charge is 0.234 e. The van der Waals surface area contributed by atoms with Gasteiger partial charge in [0.1, 0.15) is 0 Å². The lowest BCUT2D eigenvalue weighted by Crippen LogP contribution is -2.16. The molecule has 0 radical (unpaired) electrons. The normalized spacial score (nSPS) is 10.8. The second kappa shape index (κ2) is 7.84. The van der Waals surface area contributed by atoms with E-state index in [1.54, 1.807) is 11.8 Å². The Hall–Kier alpha value is -1.26. The van der Waals surface area contributed by atoms with Gasteiger partial charge in [-0.2, -0.15) is 0 Å². The molecular formula is C18H20BrNOS. The maximum atomic E-state index is 12.2. The van der Waals surface area contributed by atoms with E-state index >= 15 is 0 Å². The van der Waals surface area contributed by atoms with Crippen molar-refractivity contribution in [3.8, 4) is 0 Å². The second-order valence-electron chi connectivity index (χ2n) is 5.48. The molecule has 1 N–H and O–H groups in total. The first kappa shape index (κ1) is 17.1. The van der Waals surface area contributed by atoms with Crippen LogP contribution in [-0.2, 0) is 4.79 Å². The lowest BCUT2D eigenvalue weighted by Gasteiger charge is -2.16. The Kier molecular flexibility index (Phi) is 6.09. The predicted octanol–water partition coefficient (Wildman–Crippen LogP) is 5.61. The van der Waals surface area contributed by atoms with Crippen LogP contribution in [-0.4, -0.2) is 11.7 Å². The molecule has 2 nitrogen and oxygen atoms in total. The summed E-state index contributed by atoms with van der Waals surface area (Å²) in [6.07, 6.45) is 0. The van der Waals surface area contributed by atoms with E-state index in [0.717, 1.165) is 20.6 Å². The van der Waals surface area contributed by atoms with E-state index in [9.17, 15) is 4.79 Å². The summed E-state index contributed by atoms with van der Waals surface area (Å²) in [4.78, 5) is 13.3. The molecule has 2 rings (SSSR count). The number of para-hydroxylation sites is 1. The molecule has 22 heavy (non-hydrogen) atoms. The van der Waals surface area contributed by atoms with E-state index in [-0.39, 0.29) is 5.91 Å². The molecule has 0 aliphatic rings. The van der Waals surface area contributed by atoms with Crippen molar-refractivity contribution in [1.29, 1.82) is 0 Å². The summed E-state index contributed by atoms with van der Waals surface area (Å²) in [5, 5.41) is 3.07. The maximum absolute atomic E-state index is 12.2. The topological polar surface area (TPSA) is 29.1 Å². The van der Waals surface area contributed by atoms with Gasteiger partial charge >= 0.3 is 0 Å². The van der Waals surface area contributed by atoms with E-state index in [1.807, 2.05) is 43.3 Å². The molecule has 0 heterocycles. The summed E-state index contributed by atoms with van der Waals surface area (Å²) in [7, 11) is 0. The van der Waals surface area contributed by atoms with Crippen molar-refractivity contribution < 1.29 is 4.79 Å². The van der Waals surface area contributed by atoms with Gasteiger partial charge < -0.3 is 5.32 Å². The van der Waals surface area contributed by atoms with Crippen LogP contribution < -0.4 is 5.32 Å². The number of thioether (sulfide) groups is 1. The summed E-state index contributed by atoms with van der Waals surface area (Å²) < 4.78 is 1.04. The monoisotopic (exact) mass is 377 g/mol. The molecular weight excluding hydrogens is 358 g/mol. The molecule has 0 bridgehead atoms. The Balaban J connectivity index is 2.02. The number of carbonyl (C=O) groups excluding carboxylic acids is 1. The number of halogens is 1. The number of nitrogens with one attached hydrogen (secondary N) is 1. The van der Waals surface area contributed by atoms with Crippen LogP contribution in [0.4, 0.5) is 5.69 Å². The largest absolute Gasteiger partial charge is 0.325 e. The van der Waals surface area contributed by atoms with E-state index in [2.05, 4.69) is 41.2 Å². The van der Waals surface area contributed by atoms with Crippen LogP contribution in [0.2, 0.25) is 0 Å². The van der Waals surface area contributed by atoms with E-state index in [0.29, 0.717) is 11.7 Å². The average molecular weight is 378 g/mol. The second-order valence-corrected chi connectivity index (χ2v) is 7.45. The van der Waals surface area contributed by atoms with Crippen molar-refractivity contribution in [3.05, 3.63) is 58.1 Å². The number of hydrogen-bond donors (Lipinski definition) is 1. The van der Waals surface area contributed by atoms with E-state index in [1.165, 1.54) is 5.56 Å². The van der Waals surface area contributed by atoms with Gasteiger partial charge in [0.05, 0.1) is 5.75 Å². The molecule has 2 aromatic carbocycles. The summed E-state index contributed by atoms with van der Waals surface area (Å²) in [6, 6.07) is 14.1. The van der Waals surface area contributed by atoms with E-state index < -0.39 is 0 Å². The number of amides is 1. The Morgan fingerprint density at radius 2 is 1.86 bits per heavy atom. The number of aryl methyl sites for hydroxylation is 1. The molecule has 0 aliphatic carbocycles. The third-order valence-corrected chi connectivity index (χ3v) is 4.92. The number of anilines is 1. The van der Waals surface area contributed by atoms with Crippen molar-refractivity contribution in [2.24, 2.45) is 0 Å². The molecule has 0 atom stereocenters. The number of carbonyl (C=O) groups is 1. The molecule has 0 fully saturated rings. The maximum Gasteiger partial charge on any atom is 0.234 e. The van der Waals surface area contributed by atoms with Crippen LogP contribution in [0.1, 0.15) is 30.9 Å². The lowest BCUT2D eigenvalue weighted by molar-refractivity contribution is -0.113. The summed E-state index contributed by atoms with van der Waals surface area (Å²) >= 11 is 4.95. The zero-order valence-electron chi connectivity index (χ0n) is 13.0. The molecule has 0 aliphatic heterocycles. The number of benzene rings is 2.